The zero-order valence-corrected chi connectivity index (χ0v) is 17.4. The third-order valence-electron chi connectivity index (χ3n) is 7.72. The average molecular weight is 359 g/mol. The quantitative estimate of drug-likeness (QED) is 0.304. The molecule has 26 heavy (non-hydrogen) atoms. The minimum Gasteiger partial charge on any atom is -0.299 e. The van der Waals surface area contributed by atoms with Crippen molar-refractivity contribution < 1.29 is 4.79 Å². The van der Waals surface area contributed by atoms with Gasteiger partial charge in [-0.3, -0.25) is 4.79 Å². The van der Waals surface area contributed by atoms with E-state index in [1.807, 2.05) is 0 Å². The van der Waals surface area contributed by atoms with E-state index in [2.05, 4.69) is 6.92 Å². The third kappa shape index (κ3) is 5.96. The molecule has 1 fully saturated rings. The molecular formula is C25H42O. The summed E-state index contributed by atoms with van der Waals surface area (Å²) in [4.78, 5) is 11.7. The van der Waals surface area contributed by atoms with Crippen molar-refractivity contribution in [2.24, 2.45) is 17.8 Å². The van der Waals surface area contributed by atoms with Gasteiger partial charge in [0.2, 0.25) is 0 Å². The molecule has 0 amide bonds. The lowest BCUT2D eigenvalue weighted by Gasteiger charge is -2.38. The monoisotopic (exact) mass is 358 g/mol. The van der Waals surface area contributed by atoms with Gasteiger partial charge in [0.1, 0.15) is 5.78 Å². The van der Waals surface area contributed by atoms with Gasteiger partial charge in [-0.1, -0.05) is 82.3 Å². The lowest BCUT2D eigenvalue weighted by atomic mass is 9.67. The van der Waals surface area contributed by atoms with Crippen molar-refractivity contribution in [3.05, 3.63) is 11.1 Å². The van der Waals surface area contributed by atoms with E-state index < -0.39 is 0 Å². The van der Waals surface area contributed by atoms with Crippen molar-refractivity contribution in [3.63, 3.8) is 0 Å². The number of allylic oxidation sites excluding steroid dienone is 2. The first-order valence-electron chi connectivity index (χ1n) is 12.0. The number of unbranched alkanes of at least 4 members (excludes halogenated alkanes) is 6. The Morgan fingerprint density at radius 2 is 1.46 bits per heavy atom. The lowest BCUT2D eigenvalue weighted by molar-refractivity contribution is -0.118. The predicted octanol–water partition coefficient (Wildman–Crippen LogP) is 7.78. The SMILES string of the molecule is CCCCCCCCCC1CCC(C2CCC3=C(CCC(=O)C3)C2)CC1. The Balaban J connectivity index is 1.30. The third-order valence-corrected chi connectivity index (χ3v) is 7.72. The maximum atomic E-state index is 11.7. The molecule has 3 aliphatic rings. The van der Waals surface area contributed by atoms with Crippen molar-refractivity contribution >= 4 is 5.78 Å². The highest BCUT2D eigenvalue weighted by Crippen LogP contribution is 2.45. The van der Waals surface area contributed by atoms with Gasteiger partial charge in [0, 0.05) is 12.8 Å². The zero-order valence-electron chi connectivity index (χ0n) is 17.4. The highest BCUT2D eigenvalue weighted by atomic mass is 16.1. The van der Waals surface area contributed by atoms with Crippen LogP contribution in [0.4, 0.5) is 0 Å². The number of Topliss-reactive ketones (excluding diaryl/α,β-unsaturated/α-hetero) is 1. The van der Waals surface area contributed by atoms with E-state index >= 15 is 0 Å². The van der Waals surface area contributed by atoms with Crippen LogP contribution in [0, 0.1) is 17.8 Å². The fourth-order valence-corrected chi connectivity index (χ4v) is 5.95. The second kappa shape index (κ2) is 10.7. The van der Waals surface area contributed by atoms with Crippen molar-refractivity contribution in [2.75, 3.05) is 0 Å². The van der Waals surface area contributed by atoms with Crippen LogP contribution in [0.2, 0.25) is 0 Å². The molecule has 0 heterocycles. The minimum atomic E-state index is 0.494. The van der Waals surface area contributed by atoms with Gasteiger partial charge in [0.15, 0.2) is 0 Å². The summed E-state index contributed by atoms with van der Waals surface area (Å²) in [5.41, 5.74) is 3.25. The summed E-state index contributed by atoms with van der Waals surface area (Å²) in [7, 11) is 0. The molecule has 1 saturated carbocycles. The molecule has 1 unspecified atom stereocenters. The van der Waals surface area contributed by atoms with Crippen molar-refractivity contribution in [1.29, 1.82) is 0 Å². The molecule has 148 valence electrons. The summed E-state index contributed by atoms with van der Waals surface area (Å²) in [6, 6.07) is 0. The summed E-state index contributed by atoms with van der Waals surface area (Å²) >= 11 is 0. The Bertz CT molecular complexity index is 467. The largest absolute Gasteiger partial charge is 0.299 e. The van der Waals surface area contributed by atoms with E-state index in [9.17, 15) is 4.79 Å². The summed E-state index contributed by atoms with van der Waals surface area (Å²) in [5.74, 6) is 3.47. The second-order valence-electron chi connectivity index (χ2n) is 9.62. The Morgan fingerprint density at radius 3 is 2.23 bits per heavy atom. The maximum Gasteiger partial charge on any atom is 0.137 e. The van der Waals surface area contributed by atoms with E-state index in [1.54, 1.807) is 11.1 Å². The molecule has 0 aromatic carbocycles. The van der Waals surface area contributed by atoms with Crippen LogP contribution < -0.4 is 0 Å². The first-order valence-corrected chi connectivity index (χ1v) is 12.0. The Morgan fingerprint density at radius 1 is 0.731 bits per heavy atom. The van der Waals surface area contributed by atoms with Crippen LogP contribution in [0.3, 0.4) is 0 Å². The van der Waals surface area contributed by atoms with Crippen LogP contribution in [-0.4, -0.2) is 5.78 Å². The van der Waals surface area contributed by atoms with E-state index in [4.69, 9.17) is 0 Å². The highest BCUT2D eigenvalue weighted by Gasteiger charge is 2.32. The van der Waals surface area contributed by atoms with Gasteiger partial charge in [-0.2, -0.15) is 0 Å². The summed E-state index contributed by atoms with van der Waals surface area (Å²) in [5, 5.41) is 0. The fourth-order valence-electron chi connectivity index (χ4n) is 5.95. The first kappa shape index (κ1) is 20.2. The molecule has 0 aromatic rings. The minimum absolute atomic E-state index is 0.494. The number of rotatable bonds is 9. The van der Waals surface area contributed by atoms with Crippen LogP contribution in [0.1, 0.15) is 122 Å². The predicted molar refractivity (Wildman–Crippen MR) is 111 cm³/mol. The molecule has 1 nitrogen and oxygen atoms in total. The summed E-state index contributed by atoms with van der Waals surface area (Å²) in [6.45, 7) is 2.30. The smallest absolute Gasteiger partial charge is 0.137 e. The topological polar surface area (TPSA) is 17.1 Å². The van der Waals surface area contributed by atoms with Gasteiger partial charge in [-0.05, 0) is 56.3 Å². The maximum absolute atomic E-state index is 11.7. The van der Waals surface area contributed by atoms with Gasteiger partial charge in [0.05, 0.1) is 0 Å². The molecule has 3 aliphatic carbocycles. The molecule has 1 heteroatoms. The molecule has 3 rings (SSSR count). The fraction of sp³-hybridized carbons (Fsp3) is 0.880. The number of hydrogen-bond donors (Lipinski definition) is 0. The number of carbonyl (C=O) groups is 1. The van der Waals surface area contributed by atoms with Gasteiger partial charge in [-0.15, -0.1) is 0 Å². The highest BCUT2D eigenvalue weighted by molar-refractivity contribution is 5.82. The molecule has 0 N–H and O–H groups in total. The van der Waals surface area contributed by atoms with E-state index in [0.29, 0.717) is 5.78 Å². The number of carbonyl (C=O) groups excluding carboxylic acids is 1. The van der Waals surface area contributed by atoms with Crippen LogP contribution in [0.25, 0.3) is 0 Å². The van der Waals surface area contributed by atoms with Crippen molar-refractivity contribution in [3.8, 4) is 0 Å². The normalized spacial score (nSPS) is 29.7. The first-order chi connectivity index (χ1) is 12.8. The molecular weight excluding hydrogens is 316 g/mol. The molecule has 1 atom stereocenters. The van der Waals surface area contributed by atoms with Crippen molar-refractivity contribution in [2.45, 2.75) is 122 Å². The van der Waals surface area contributed by atoms with E-state index in [0.717, 1.165) is 37.0 Å². The Labute approximate surface area is 162 Å². The Hall–Kier alpha value is -0.590. The van der Waals surface area contributed by atoms with Crippen LogP contribution in [0.5, 0.6) is 0 Å². The van der Waals surface area contributed by atoms with Gasteiger partial charge in [-0.25, -0.2) is 0 Å². The molecule has 0 spiro atoms. The molecule has 0 saturated heterocycles. The van der Waals surface area contributed by atoms with Crippen LogP contribution in [-0.2, 0) is 4.79 Å². The zero-order chi connectivity index (χ0) is 18.2. The number of ketones is 1. The van der Waals surface area contributed by atoms with Gasteiger partial charge < -0.3 is 0 Å². The van der Waals surface area contributed by atoms with Gasteiger partial charge in [0.25, 0.3) is 0 Å². The summed E-state index contributed by atoms with van der Waals surface area (Å²) in [6.07, 6.45) is 24.3. The van der Waals surface area contributed by atoms with E-state index in [-0.39, 0.29) is 0 Å². The summed E-state index contributed by atoms with van der Waals surface area (Å²) < 4.78 is 0. The van der Waals surface area contributed by atoms with Gasteiger partial charge >= 0.3 is 0 Å². The molecule has 0 aliphatic heterocycles. The molecule has 0 radical (unpaired) electrons. The average Bonchev–Trinajstić information content (AvgIpc) is 2.67. The number of hydrogen-bond acceptors (Lipinski definition) is 1. The molecule has 0 aromatic heterocycles. The molecule has 0 bridgehead atoms. The van der Waals surface area contributed by atoms with Crippen molar-refractivity contribution in [1.82, 2.24) is 0 Å². The second-order valence-corrected chi connectivity index (χ2v) is 9.62. The Kier molecular flexibility index (Phi) is 8.27. The van der Waals surface area contributed by atoms with E-state index in [1.165, 1.54) is 96.3 Å². The van der Waals surface area contributed by atoms with Crippen LogP contribution >= 0.6 is 0 Å². The lowest BCUT2D eigenvalue weighted by Crippen LogP contribution is -2.26. The van der Waals surface area contributed by atoms with Crippen LogP contribution in [0.15, 0.2) is 11.1 Å². The standard InChI is InChI=1S/C25H42O/c1-2-3-4-5-6-7-8-9-20-10-12-21(13-11-20)22-14-15-24-19-25(26)17-16-23(24)18-22/h20-22H,2-19H2,1H3.